The Balaban J connectivity index is 1.31. The van der Waals surface area contributed by atoms with E-state index in [2.05, 4.69) is 20.2 Å². The van der Waals surface area contributed by atoms with Crippen molar-refractivity contribution < 1.29 is 9.47 Å². The number of aliphatic imine (C=N–C) groups is 1. The van der Waals surface area contributed by atoms with E-state index in [-0.39, 0.29) is 0 Å². The Morgan fingerprint density at radius 1 is 1.27 bits per heavy atom. The molecular weight excluding hydrogens is 328 g/mol. The largest absolute Gasteiger partial charge is 0.490 e. The van der Waals surface area contributed by atoms with Crippen LogP contribution in [0.2, 0.25) is 0 Å². The summed E-state index contributed by atoms with van der Waals surface area (Å²) in [5, 5.41) is 3.39. The lowest BCUT2D eigenvalue weighted by atomic mass is 10.1. The molecule has 6 nitrogen and oxygen atoms in total. The van der Waals surface area contributed by atoms with Crippen molar-refractivity contribution in [3.63, 3.8) is 0 Å². The number of ether oxygens (including phenoxy) is 2. The summed E-state index contributed by atoms with van der Waals surface area (Å²) in [4.78, 5) is 10.8. The van der Waals surface area contributed by atoms with E-state index in [1.54, 1.807) is 12.4 Å². The van der Waals surface area contributed by atoms with Crippen molar-refractivity contribution in [1.82, 2.24) is 15.2 Å². The van der Waals surface area contributed by atoms with Gasteiger partial charge >= 0.3 is 0 Å². The van der Waals surface area contributed by atoms with E-state index in [1.165, 1.54) is 25.7 Å². The predicted octanol–water partition coefficient (Wildman–Crippen LogP) is 2.71. The molecule has 1 aliphatic heterocycles. The fourth-order valence-electron chi connectivity index (χ4n) is 3.78. The number of nitrogens with one attached hydrogen (secondary N) is 1. The summed E-state index contributed by atoms with van der Waals surface area (Å²) in [6, 6.07) is 3.79. The minimum Gasteiger partial charge on any atom is -0.490 e. The molecule has 3 rings (SSSR count). The standard InChI is InChI=1S/C20H32N4O2/c1-21-20(23-11-14-25-19-7-4-10-22-15-19)24-12-8-18(9-13-24)26-16-17-5-2-3-6-17/h4,7,10,15,17-18H,2-3,5-6,8-9,11-14,16H2,1H3,(H,21,23). The molecular formula is C20H32N4O2. The topological polar surface area (TPSA) is 59.0 Å². The average molecular weight is 361 g/mol. The second-order valence-electron chi connectivity index (χ2n) is 7.18. The van der Waals surface area contributed by atoms with E-state index in [4.69, 9.17) is 9.47 Å². The van der Waals surface area contributed by atoms with Crippen molar-refractivity contribution in [1.29, 1.82) is 0 Å². The molecule has 2 aliphatic rings. The molecule has 1 N–H and O–H groups in total. The maximum absolute atomic E-state index is 6.16. The van der Waals surface area contributed by atoms with Gasteiger partial charge in [0.25, 0.3) is 0 Å². The lowest BCUT2D eigenvalue weighted by Crippen LogP contribution is -2.47. The second-order valence-corrected chi connectivity index (χ2v) is 7.18. The number of pyridine rings is 1. The van der Waals surface area contributed by atoms with Gasteiger partial charge < -0.3 is 19.7 Å². The number of hydrogen-bond acceptors (Lipinski definition) is 4. The van der Waals surface area contributed by atoms with Gasteiger partial charge in [0, 0.05) is 32.9 Å². The van der Waals surface area contributed by atoms with Crippen molar-refractivity contribution >= 4 is 5.96 Å². The summed E-state index contributed by atoms with van der Waals surface area (Å²) in [7, 11) is 1.84. The second kappa shape index (κ2) is 10.4. The maximum atomic E-state index is 6.16. The summed E-state index contributed by atoms with van der Waals surface area (Å²) >= 11 is 0. The Morgan fingerprint density at radius 3 is 2.77 bits per heavy atom. The number of aromatic nitrogens is 1. The summed E-state index contributed by atoms with van der Waals surface area (Å²) in [5.41, 5.74) is 0. The molecule has 0 atom stereocenters. The third kappa shape index (κ3) is 5.87. The minimum atomic E-state index is 0.416. The smallest absolute Gasteiger partial charge is 0.193 e. The Hall–Kier alpha value is -1.82. The predicted molar refractivity (Wildman–Crippen MR) is 104 cm³/mol. The Kier molecular flexibility index (Phi) is 7.55. The molecule has 144 valence electrons. The average Bonchev–Trinajstić information content (AvgIpc) is 3.22. The first-order valence-corrected chi connectivity index (χ1v) is 9.95. The van der Waals surface area contributed by atoms with Crippen molar-refractivity contribution in [2.24, 2.45) is 10.9 Å². The van der Waals surface area contributed by atoms with Gasteiger partial charge in [-0.1, -0.05) is 12.8 Å². The van der Waals surface area contributed by atoms with E-state index < -0.39 is 0 Å². The minimum absolute atomic E-state index is 0.416. The van der Waals surface area contributed by atoms with Crippen LogP contribution in [-0.4, -0.2) is 61.8 Å². The Labute approximate surface area is 157 Å². The molecule has 1 aromatic heterocycles. The number of nitrogens with zero attached hydrogens (tertiary/aromatic N) is 3. The van der Waals surface area contributed by atoms with Crippen LogP contribution in [0.4, 0.5) is 0 Å². The number of likely N-dealkylation sites (tertiary alicyclic amines) is 1. The van der Waals surface area contributed by atoms with Crippen LogP contribution in [0.15, 0.2) is 29.5 Å². The number of piperidine rings is 1. The lowest BCUT2D eigenvalue weighted by molar-refractivity contribution is 0.00100. The third-order valence-electron chi connectivity index (χ3n) is 5.28. The Morgan fingerprint density at radius 2 is 2.08 bits per heavy atom. The molecule has 0 amide bonds. The summed E-state index contributed by atoms with van der Waals surface area (Å²) in [5.74, 6) is 2.56. The van der Waals surface area contributed by atoms with Crippen LogP contribution in [0.5, 0.6) is 5.75 Å². The first kappa shape index (κ1) is 19.0. The molecule has 6 heteroatoms. The summed E-state index contributed by atoms with van der Waals surface area (Å²) in [6.45, 7) is 4.27. The molecule has 1 aliphatic carbocycles. The molecule has 2 fully saturated rings. The number of guanidine groups is 1. The van der Waals surface area contributed by atoms with E-state index in [0.29, 0.717) is 12.7 Å². The monoisotopic (exact) mass is 360 g/mol. The number of hydrogen-bond donors (Lipinski definition) is 1. The zero-order valence-electron chi connectivity index (χ0n) is 15.9. The van der Waals surface area contributed by atoms with E-state index in [9.17, 15) is 0 Å². The van der Waals surface area contributed by atoms with E-state index in [1.807, 2.05) is 19.2 Å². The third-order valence-corrected chi connectivity index (χ3v) is 5.28. The highest BCUT2D eigenvalue weighted by Gasteiger charge is 2.23. The van der Waals surface area contributed by atoms with Gasteiger partial charge in [-0.15, -0.1) is 0 Å². The van der Waals surface area contributed by atoms with Gasteiger partial charge in [-0.3, -0.25) is 9.98 Å². The van der Waals surface area contributed by atoms with Gasteiger partial charge in [-0.25, -0.2) is 0 Å². The fourth-order valence-corrected chi connectivity index (χ4v) is 3.78. The van der Waals surface area contributed by atoms with Gasteiger partial charge in [0.1, 0.15) is 12.4 Å². The van der Waals surface area contributed by atoms with Crippen molar-refractivity contribution in [3.8, 4) is 5.75 Å². The summed E-state index contributed by atoms with van der Waals surface area (Å²) in [6.07, 6.45) is 11.5. The van der Waals surface area contributed by atoms with Crippen LogP contribution >= 0.6 is 0 Å². The zero-order chi connectivity index (χ0) is 18.0. The van der Waals surface area contributed by atoms with Crippen molar-refractivity contribution in [3.05, 3.63) is 24.5 Å². The van der Waals surface area contributed by atoms with Crippen LogP contribution < -0.4 is 10.1 Å². The molecule has 1 saturated carbocycles. The normalized spacial score (nSPS) is 19.7. The summed E-state index contributed by atoms with van der Waals surface area (Å²) < 4.78 is 11.8. The maximum Gasteiger partial charge on any atom is 0.193 e. The van der Waals surface area contributed by atoms with Crippen LogP contribution in [0.3, 0.4) is 0 Å². The molecule has 0 bridgehead atoms. The highest BCUT2D eigenvalue weighted by atomic mass is 16.5. The first-order valence-electron chi connectivity index (χ1n) is 9.95. The van der Waals surface area contributed by atoms with Crippen LogP contribution in [0.1, 0.15) is 38.5 Å². The van der Waals surface area contributed by atoms with Gasteiger partial charge in [-0.05, 0) is 43.7 Å². The number of rotatable bonds is 7. The molecule has 1 saturated heterocycles. The van der Waals surface area contributed by atoms with E-state index in [0.717, 1.165) is 56.7 Å². The van der Waals surface area contributed by atoms with Crippen LogP contribution in [0, 0.1) is 5.92 Å². The van der Waals surface area contributed by atoms with Crippen molar-refractivity contribution in [2.45, 2.75) is 44.6 Å². The van der Waals surface area contributed by atoms with Crippen LogP contribution in [0.25, 0.3) is 0 Å². The lowest BCUT2D eigenvalue weighted by Gasteiger charge is -2.34. The quantitative estimate of drug-likeness (QED) is 0.460. The van der Waals surface area contributed by atoms with Gasteiger partial charge in [0.2, 0.25) is 0 Å². The van der Waals surface area contributed by atoms with Gasteiger partial charge in [-0.2, -0.15) is 0 Å². The molecule has 0 radical (unpaired) electrons. The highest BCUT2D eigenvalue weighted by Crippen LogP contribution is 2.26. The molecule has 26 heavy (non-hydrogen) atoms. The molecule has 0 unspecified atom stereocenters. The molecule has 1 aromatic rings. The van der Waals surface area contributed by atoms with Crippen molar-refractivity contribution in [2.75, 3.05) is 39.9 Å². The molecule has 0 aromatic carbocycles. The first-order chi connectivity index (χ1) is 12.8. The molecule has 0 spiro atoms. The van der Waals surface area contributed by atoms with Gasteiger partial charge in [0.15, 0.2) is 5.96 Å². The van der Waals surface area contributed by atoms with E-state index >= 15 is 0 Å². The SMILES string of the molecule is CN=C(NCCOc1cccnc1)N1CCC(OCC2CCCC2)CC1. The fraction of sp³-hybridized carbons (Fsp3) is 0.700. The Bertz CT molecular complexity index is 538. The highest BCUT2D eigenvalue weighted by molar-refractivity contribution is 5.79. The zero-order valence-corrected chi connectivity index (χ0v) is 15.9. The molecule has 2 heterocycles. The van der Waals surface area contributed by atoms with Crippen LogP contribution in [-0.2, 0) is 4.74 Å². The van der Waals surface area contributed by atoms with Gasteiger partial charge in [0.05, 0.1) is 18.8 Å².